The molecule has 2 aromatic carbocycles. The Morgan fingerprint density at radius 2 is 1.96 bits per heavy atom. The number of nitrogens with one attached hydrogen (secondary N) is 2. The first-order chi connectivity index (χ1) is 11.1. The maximum atomic E-state index is 11.6. The Labute approximate surface area is 133 Å². The number of carbonyl (C=O) groups excluding carboxylic acids is 2. The number of hydrogen-bond donors (Lipinski definition) is 3. The summed E-state index contributed by atoms with van der Waals surface area (Å²) in [6.07, 6.45) is 2.56. The standard InChI is InChI=1S/C17H17N3O3/c1-2-9-18-16(22)10-17(23)20-19-11-14-13-6-4-3-5-12(13)7-8-15(14)21/h2-8,11,21H,1,9-10H2,(H,18,22)(H,20,23)/b19-11-. The van der Waals surface area contributed by atoms with Crippen LogP contribution in [0.2, 0.25) is 0 Å². The predicted molar refractivity (Wildman–Crippen MR) is 89.2 cm³/mol. The number of nitrogens with zero attached hydrogens (tertiary/aromatic N) is 1. The van der Waals surface area contributed by atoms with Crippen molar-refractivity contribution in [2.45, 2.75) is 6.42 Å². The molecule has 0 saturated heterocycles. The van der Waals surface area contributed by atoms with Crippen LogP contribution >= 0.6 is 0 Å². The van der Waals surface area contributed by atoms with Crippen molar-refractivity contribution in [3.05, 3.63) is 54.6 Å². The van der Waals surface area contributed by atoms with Gasteiger partial charge in [0, 0.05) is 12.1 Å². The lowest BCUT2D eigenvalue weighted by Gasteiger charge is -2.05. The Bertz CT molecular complexity index is 769. The average Bonchev–Trinajstić information content (AvgIpc) is 2.55. The van der Waals surface area contributed by atoms with Crippen LogP contribution in [0.15, 0.2) is 54.2 Å². The molecule has 118 valence electrons. The summed E-state index contributed by atoms with van der Waals surface area (Å²) in [6, 6.07) is 10.9. The molecule has 0 fully saturated rings. The first kappa shape index (κ1) is 16.2. The molecule has 0 aliphatic carbocycles. The van der Waals surface area contributed by atoms with Crippen molar-refractivity contribution in [2.24, 2.45) is 5.10 Å². The molecule has 0 spiro atoms. The molecule has 0 aliphatic heterocycles. The molecule has 6 heteroatoms. The summed E-state index contributed by atoms with van der Waals surface area (Å²) in [5, 5.41) is 18.0. The topological polar surface area (TPSA) is 90.8 Å². The fourth-order valence-electron chi connectivity index (χ4n) is 2.02. The molecule has 0 radical (unpaired) electrons. The molecular formula is C17H17N3O3. The van der Waals surface area contributed by atoms with Gasteiger partial charge in [-0.1, -0.05) is 36.4 Å². The van der Waals surface area contributed by atoms with Gasteiger partial charge in [0.2, 0.25) is 11.8 Å². The zero-order valence-corrected chi connectivity index (χ0v) is 12.5. The number of phenolic OH excluding ortho intramolecular Hbond substituents is 1. The molecule has 0 saturated carbocycles. The molecule has 6 nitrogen and oxygen atoms in total. The summed E-state index contributed by atoms with van der Waals surface area (Å²) in [7, 11) is 0. The van der Waals surface area contributed by atoms with E-state index in [-0.39, 0.29) is 12.2 Å². The van der Waals surface area contributed by atoms with E-state index in [0.717, 1.165) is 10.8 Å². The minimum Gasteiger partial charge on any atom is -0.507 e. The molecule has 0 aromatic heterocycles. The van der Waals surface area contributed by atoms with Gasteiger partial charge >= 0.3 is 0 Å². The minimum atomic E-state index is -0.539. The summed E-state index contributed by atoms with van der Waals surface area (Å²) in [5.74, 6) is -0.890. The van der Waals surface area contributed by atoms with E-state index in [0.29, 0.717) is 12.1 Å². The quantitative estimate of drug-likeness (QED) is 0.328. The van der Waals surface area contributed by atoms with Crippen molar-refractivity contribution in [3.8, 4) is 5.75 Å². The Kier molecular flexibility index (Phi) is 5.46. The van der Waals surface area contributed by atoms with Gasteiger partial charge < -0.3 is 10.4 Å². The van der Waals surface area contributed by atoms with Gasteiger partial charge in [-0.3, -0.25) is 9.59 Å². The Morgan fingerprint density at radius 3 is 2.74 bits per heavy atom. The molecule has 0 unspecified atom stereocenters. The highest BCUT2D eigenvalue weighted by Gasteiger charge is 2.08. The average molecular weight is 311 g/mol. The first-order valence-corrected chi connectivity index (χ1v) is 7.02. The van der Waals surface area contributed by atoms with E-state index in [1.807, 2.05) is 24.3 Å². The van der Waals surface area contributed by atoms with Crippen molar-refractivity contribution < 1.29 is 14.7 Å². The van der Waals surface area contributed by atoms with Gasteiger partial charge in [0.15, 0.2) is 0 Å². The largest absolute Gasteiger partial charge is 0.507 e. The number of hydrazone groups is 1. The number of hydrogen-bond acceptors (Lipinski definition) is 4. The highest BCUT2D eigenvalue weighted by Crippen LogP contribution is 2.25. The van der Waals surface area contributed by atoms with Gasteiger partial charge in [0.25, 0.3) is 0 Å². The lowest BCUT2D eigenvalue weighted by atomic mass is 10.0. The number of phenols is 1. The van der Waals surface area contributed by atoms with Crippen LogP contribution in [0.4, 0.5) is 0 Å². The van der Waals surface area contributed by atoms with E-state index in [2.05, 4.69) is 22.4 Å². The number of amides is 2. The lowest BCUT2D eigenvalue weighted by Crippen LogP contribution is -2.29. The first-order valence-electron chi connectivity index (χ1n) is 7.02. The molecule has 2 rings (SSSR count). The third-order valence-electron chi connectivity index (χ3n) is 3.10. The van der Waals surface area contributed by atoms with Crippen LogP contribution in [0.1, 0.15) is 12.0 Å². The van der Waals surface area contributed by atoms with Crippen LogP contribution in [0, 0.1) is 0 Å². The SMILES string of the molecule is C=CCNC(=O)CC(=O)N/N=C\c1c(O)ccc2ccccc12. The molecule has 0 atom stereocenters. The zero-order valence-electron chi connectivity index (χ0n) is 12.5. The van der Waals surface area contributed by atoms with Gasteiger partial charge in [-0.15, -0.1) is 6.58 Å². The zero-order chi connectivity index (χ0) is 16.7. The van der Waals surface area contributed by atoms with E-state index < -0.39 is 11.8 Å². The highest BCUT2D eigenvalue weighted by molar-refractivity contribution is 6.03. The van der Waals surface area contributed by atoms with Crippen LogP contribution in [0.3, 0.4) is 0 Å². The van der Waals surface area contributed by atoms with E-state index in [1.54, 1.807) is 12.1 Å². The van der Waals surface area contributed by atoms with Gasteiger partial charge in [0.05, 0.1) is 6.21 Å². The second kappa shape index (κ2) is 7.74. The molecule has 0 heterocycles. The molecule has 23 heavy (non-hydrogen) atoms. The fraction of sp³-hybridized carbons (Fsp3) is 0.118. The number of benzene rings is 2. The maximum absolute atomic E-state index is 11.6. The van der Waals surface area contributed by atoms with Crippen molar-refractivity contribution in [1.29, 1.82) is 0 Å². The van der Waals surface area contributed by atoms with Crippen molar-refractivity contribution >= 4 is 28.8 Å². The number of fused-ring (bicyclic) bond motifs is 1. The van der Waals surface area contributed by atoms with Crippen LogP contribution in [-0.2, 0) is 9.59 Å². The van der Waals surface area contributed by atoms with Gasteiger partial charge in [-0.2, -0.15) is 5.10 Å². The monoisotopic (exact) mass is 311 g/mol. The Morgan fingerprint density at radius 1 is 1.17 bits per heavy atom. The van der Waals surface area contributed by atoms with Gasteiger partial charge in [0.1, 0.15) is 12.2 Å². The van der Waals surface area contributed by atoms with E-state index in [1.165, 1.54) is 12.3 Å². The normalized spacial score (nSPS) is 10.6. The summed E-state index contributed by atoms with van der Waals surface area (Å²) in [4.78, 5) is 22.9. The summed E-state index contributed by atoms with van der Waals surface area (Å²) < 4.78 is 0. The third-order valence-corrected chi connectivity index (χ3v) is 3.10. The van der Waals surface area contributed by atoms with E-state index in [9.17, 15) is 14.7 Å². The van der Waals surface area contributed by atoms with E-state index >= 15 is 0 Å². The van der Waals surface area contributed by atoms with Crippen molar-refractivity contribution in [2.75, 3.05) is 6.54 Å². The molecule has 0 bridgehead atoms. The fourth-order valence-corrected chi connectivity index (χ4v) is 2.02. The molecule has 3 N–H and O–H groups in total. The lowest BCUT2D eigenvalue weighted by molar-refractivity contribution is -0.129. The Hall–Kier alpha value is -3.15. The summed E-state index contributed by atoms with van der Waals surface area (Å²) >= 11 is 0. The minimum absolute atomic E-state index is 0.0606. The van der Waals surface area contributed by atoms with Crippen LogP contribution < -0.4 is 10.7 Å². The van der Waals surface area contributed by atoms with E-state index in [4.69, 9.17) is 0 Å². The van der Waals surface area contributed by atoms with Crippen LogP contribution in [0.5, 0.6) is 5.75 Å². The second-order valence-corrected chi connectivity index (χ2v) is 4.78. The summed E-state index contributed by atoms with van der Waals surface area (Å²) in [5.41, 5.74) is 2.76. The van der Waals surface area contributed by atoms with Gasteiger partial charge in [-0.25, -0.2) is 5.43 Å². The highest BCUT2D eigenvalue weighted by atomic mass is 16.3. The van der Waals surface area contributed by atoms with Crippen LogP contribution in [-0.4, -0.2) is 29.7 Å². The number of rotatable bonds is 6. The van der Waals surface area contributed by atoms with Gasteiger partial charge in [-0.05, 0) is 16.8 Å². The third kappa shape index (κ3) is 4.41. The van der Waals surface area contributed by atoms with Crippen molar-refractivity contribution in [1.82, 2.24) is 10.7 Å². The Balaban J connectivity index is 2.03. The molecule has 2 amide bonds. The smallest absolute Gasteiger partial charge is 0.249 e. The predicted octanol–water partition coefficient (Wildman–Crippen LogP) is 1.69. The summed E-state index contributed by atoms with van der Waals surface area (Å²) in [6.45, 7) is 3.77. The number of aromatic hydroxyl groups is 1. The molecular weight excluding hydrogens is 294 g/mol. The molecule has 2 aromatic rings. The van der Waals surface area contributed by atoms with Crippen LogP contribution in [0.25, 0.3) is 10.8 Å². The maximum Gasteiger partial charge on any atom is 0.249 e. The number of carbonyl (C=O) groups is 2. The molecule has 0 aliphatic rings. The second-order valence-electron chi connectivity index (χ2n) is 4.78. The van der Waals surface area contributed by atoms with Crippen molar-refractivity contribution in [3.63, 3.8) is 0 Å².